The SMILES string of the molecule is CCCl.CCOc1ccc(C=O)c(OC)c1.CCOc1ccc(CO)c(OC)c1. The normalized spacial score (nSPS) is 9.21. The van der Waals surface area contributed by atoms with Crippen LogP contribution in [0.25, 0.3) is 0 Å². The molecule has 6 nitrogen and oxygen atoms in total. The molecule has 0 heterocycles. The van der Waals surface area contributed by atoms with Gasteiger partial charge in [-0.05, 0) is 38.1 Å². The van der Waals surface area contributed by atoms with E-state index in [1.807, 2.05) is 26.8 Å². The summed E-state index contributed by atoms with van der Waals surface area (Å²) in [6.07, 6.45) is 0.758. The highest BCUT2D eigenvalue weighted by Gasteiger charge is 2.04. The number of rotatable bonds is 8. The van der Waals surface area contributed by atoms with Crippen LogP contribution in [0.1, 0.15) is 36.7 Å². The van der Waals surface area contributed by atoms with E-state index in [-0.39, 0.29) is 6.61 Å². The van der Waals surface area contributed by atoms with Gasteiger partial charge in [0.05, 0.1) is 39.6 Å². The molecule has 29 heavy (non-hydrogen) atoms. The number of ether oxygens (including phenoxy) is 4. The van der Waals surface area contributed by atoms with Crippen LogP contribution in [0, 0.1) is 0 Å². The van der Waals surface area contributed by atoms with E-state index in [4.69, 9.17) is 35.7 Å². The zero-order valence-corrected chi connectivity index (χ0v) is 18.5. The van der Waals surface area contributed by atoms with Crippen molar-refractivity contribution in [1.82, 2.24) is 0 Å². The van der Waals surface area contributed by atoms with E-state index in [1.54, 1.807) is 37.4 Å². The van der Waals surface area contributed by atoms with Crippen LogP contribution >= 0.6 is 11.6 Å². The molecule has 0 atom stereocenters. The summed E-state index contributed by atoms with van der Waals surface area (Å²) >= 11 is 5.00. The third-order valence-corrected chi connectivity index (χ3v) is 3.38. The van der Waals surface area contributed by atoms with Crippen LogP contribution in [0.2, 0.25) is 0 Å². The van der Waals surface area contributed by atoms with Crippen LogP contribution in [-0.2, 0) is 6.61 Å². The maximum absolute atomic E-state index is 10.5. The van der Waals surface area contributed by atoms with Crippen molar-refractivity contribution >= 4 is 17.9 Å². The third kappa shape index (κ3) is 10.1. The topological polar surface area (TPSA) is 74.2 Å². The van der Waals surface area contributed by atoms with Gasteiger partial charge in [0.2, 0.25) is 0 Å². The Morgan fingerprint density at radius 3 is 1.79 bits per heavy atom. The number of methoxy groups -OCH3 is 2. The van der Waals surface area contributed by atoms with Crippen molar-refractivity contribution in [2.75, 3.05) is 33.3 Å². The Hall–Kier alpha value is -2.44. The van der Waals surface area contributed by atoms with Gasteiger partial charge in [-0.2, -0.15) is 0 Å². The Morgan fingerprint density at radius 2 is 1.38 bits per heavy atom. The van der Waals surface area contributed by atoms with Crippen LogP contribution in [0.15, 0.2) is 36.4 Å². The Morgan fingerprint density at radius 1 is 0.897 bits per heavy atom. The average molecular weight is 427 g/mol. The lowest BCUT2D eigenvalue weighted by Crippen LogP contribution is -1.95. The van der Waals surface area contributed by atoms with E-state index < -0.39 is 0 Å². The first kappa shape index (κ1) is 26.6. The fourth-order valence-corrected chi connectivity index (χ4v) is 2.16. The van der Waals surface area contributed by atoms with Gasteiger partial charge in [-0.15, -0.1) is 11.6 Å². The van der Waals surface area contributed by atoms with E-state index in [2.05, 4.69) is 0 Å². The molecule has 2 aromatic rings. The van der Waals surface area contributed by atoms with Gasteiger partial charge in [0.15, 0.2) is 6.29 Å². The van der Waals surface area contributed by atoms with Gasteiger partial charge in [0.1, 0.15) is 23.0 Å². The first-order chi connectivity index (χ1) is 14.0. The lowest BCUT2D eigenvalue weighted by Gasteiger charge is -2.08. The molecule has 0 amide bonds. The van der Waals surface area contributed by atoms with E-state index in [1.165, 1.54) is 7.11 Å². The molecule has 0 spiro atoms. The highest BCUT2D eigenvalue weighted by molar-refractivity contribution is 6.17. The van der Waals surface area contributed by atoms with E-state index >= 15 is 0 Å². The summed E-state index contributed by atoms with van der Waals surface area (Å²) in [6.45, 7) is 6.93. The summed E-state index contributed by atoms with van der Waals surface area (Å²) in [5.74, 6) is 3.40. The number of carbonyl (C=O) groups excluding carboxylic acids is 1. The summed E-state index contributed by atoms with van der Waals surface area (Å²) in [6, 6.07) is 10.5. The fourth-order valence-electron chi connectivity index (χ4n) is 2.16. The number of hydrogen-bond donors (Lipinski definition) is 1. The van der Waals surface area contributed by atoms with Gasteiger partial charge in [-0.1, -0.05) is 6.92 Å². The van der Waals surface area contributed by atoms with Gasteiger partial charge >= 0.3 is 0 Å². The van der Waals surface area contributed by atoms with E-state index in [0.717, 1.165) is 23.5 Å². The number of hydrogen-bond acceptors (Lipinski definition) is 6. The second kappa shape index (κ2) is 16.5. The number of aldehydes is 1. The lowest BCUT2D eigenvalue weighted by atomic mass is 10.2. The molecule has 7 heteroatoms. The number of benzene rings is 2. The molecule has 0 saturated heterocycles. The summed E-state index contributed by atoms with van der Waals surface area (Å²) in [7, 11) is 3.10. The highest BCUT2D eigenvalue weighted by atomic mass is 35.5. The van der Waals surface area contributed by atoms with Crippen LogP contribution in [-0.4, -0.2) is 44.7 Å². The molecule has 0 fully saturated rings. The first-order valence-electron chi connectivity index (χ1n) is 9.27. The van der Waals surface area contributed by atoms with Crippen molar-refractivity contribution in [3.8, 4) is 23.0 Å². The maximum Gasteiger partial charge on any atom is 0.153 e. The quantitative estimate of drug-likeness (QED) is 0.485. The molecule has 0 unspecified atom stereocenters. The molecule has 0 radical (unpaired) electrons. The molecular weight excluding hydrogens is 396 g/mol. The molecule has 0 saturated carbocycles. The lowest BCUT2D eigenvalue weighted by molar-refractivity contribution is 0.112. The van der Waals surface area contributed by atoms with Crippen LogP contribution < -0.4 is 18.9 Å². The van der Waals surface area contributed by atoms with Gasteiger partial charge in [0.25, 0.3) is 0 Å². The zero-order valence-electron chi connectivity index (χ0n) is 17.7. The highest BCUT2D eigenvalue weighted by Crippen LogP contribution is 2.24. The van der Waals surface area contributed by atoms with Gasteiger partial charge in [-0.25, -0.2) is 0 Å². The monoisotopic (exact) mass is 426 g/mol. The van der Waals surface area contributed by atoms with Gasteiger partial charge in [-0.3, -0.25) is 4.79 Å². The van der Waals surface area contributed by atoms with Gasteiger partial charge in [0, 0.05) is 23.6 Å². The Balaban J connectivity index is 0.000000477. The fraction of sp³-hybridized carbons (Fsp3) is 0.409. The van der Waals surface area contributed by atoms with Crippen LogP contribution in [0.3, 0.4) is 0 Å². The van der Waals surface area contributed by atoms with Crippen molar-refractivity contribution in [3.63, 3.8) is 0 Å². The molecule has 0 bridgehead atoms. The number of aliphatic hydroxyl groups is 1. The van der Waals surface area contributed by atoms with Crippen molar-refractivity contribution in [2.24, 2.45) is 0 Å². The predicted molar refractivity (Wildman–Crippen MR) is 116 cm³/mol. The summed E-state index contributed by atoms with van der Waals surface area (Å²) in [4.78, 5) is 10.5. The van der Waals surface area contributed by atoms with Crippen molar-refractivity contribution < 1.29 is 28.8 Å². The van der Waals surface area contributed by atoms with Crippen molar-refractivity contribution in [1.29, 1.82) is 0 Å². The molecule has 0 aromatic heterocycles. The number of halogens is 1. The minimum Gasteiger partial charge on any atom is -0.496 e. The third-order valence-electron chi connectivity index (χ3n) is 3.38. The Kier molecular flexibility index (Phi) is 15.1. The Labute approximate surface area is 178 Å². The largest absolute Gasteiger partial charge is 0.496 e. The standard InChI is InChI=1S/C10H14O3.C10H12O3.C2H5Cl/c2*1-3-13-9-5-4-8(7-11)10(6-9)12-2;1-2-3/h4-6,11H,3,7H2,1-2H3;4-7H,3H2,1-2H3;2H2,1H3. The molecule has 0 aliphatic carbocycles. The van der Waals surface area contributed by atoms with E-state index in [0.29, 0.717) is 36.0 Å². The zero-order chi connectivity index (χ0) is 22.1. The minimum atomic E-state index is -0.0183. The van der Waals surface area contributed by atoms with Gasteiger partial charge < -0.3 is 24.1 Å². The van der Waals surface area contributed by atoms with Crippen molar-refractivity contribution in [3.05, 3.63) is 47.5 Å². The van der Waals surface area contributed by atoms with Crippen LogP contribution in [0.4, 0.5) is 0 Å². The number of alkyl halides is 1. The van der Waals surface area contributed by atoms with Crippen LogP contribution in [0.5, 0.6) is 23.0 Å². The Bertz CT molecular complexity index is 706. The smallest absolute Gasteiger partial charge is 0.153 e. The van der Waals surface area contributed by atoms with Crippen molar-refractivity contribution in [2.45, 2.75) is 27.4 Å². The second-order valence-electron chi connectivity index (χ2n) is 5.29. The molecule has 0 aliphatic rings. The first-order valence-corrected chi connectivity index (χ1v) is 9.80. The predicted octanol–water partition coefficient (Wildman–Crippen LogP) is 4.74. The summed E-state index contributed by atoms with van der Waals surface area (Å²) < 4.78 is 20.6. The molecule has 162 valence electrons. The molecule has 2 rings (SSSR count). The molecule has 0 aliphatic heterocycles. The molecular formula is C22H31ClO6. The summed E-state index contributed by atoms with van der Waals surface area (Å²) in [5.41, 5.74) is 1.30. The minimum absolute atomic E-state index is 0.0183. The number of carbonyl (C=O) groups is 1. The molecule has 1 N–H and O–H groups in total. The average Bonchev–Trinajstić information content (AvgIpc) is 2.75. The molecule has 2 aromatic carbocycles. The van der Waals surface area contributed by atoms with E-state index in [9.17, 15) is 4.79 Å². The summed E-state index contributed by atoms with van der Waals surface area (Å²) in [5, 5.41) is 8.95. The second-order valence-corrected chi connectivity index (χ2v) is 5.82. The maximum atomic E-state index is 10.5. The number of aliphatic hydroxyl groups excluding tert-OH is 1.